The van der Waals surface area contributed by atoms with Gasteiger partial charge in [-0.2, -0.15) is 5.26 Å². The number of ketones is 2. The number of methoxy groups -OCH3 is 2. The maximum absolute atomic E-state index is 14.1. The first kappa shape index (κ1) is 34.2. The lowest BCUT2D eigenvalue weighted by molar-refractivity contribution is -0.125. The van der Waals surface area contributed by atoms with Crippen LogP contribution in [0.1, 0.15) is 43.0 Å². The van der Waals surface area contributed by atoms with E-state index >= 15 is 0 Å². The number of Topliss-reactive ketones (excluding diaryl/α,β-unsaturated/α-hetero) is 2. The van der Waals surface area contributed by atoms with Crippen LogP contribution in [-0.4, -0.2) is 89.4 Å². The molecule has 2 aromatic rings. The first-order valence-electron chi connectivity index (χ1n) is 16.1. The van der Waals surface area contributed by atoms with Gasteiger partial charge in [0.15, 0.2) is 23.0 Å². The van der Waals surface area contributed by atoms with Crippen molar-refractivity contribution in [3.05, 3.63) is 75.6 Å². The number of allylic oxidation sites excluding steroid dienone is 2. The van der Waals surface area contributed by atoms with Crippen molar-refractivity contribution in [2.24, 2.45) is 5.92 Å². The number of hydrogen-bond donors (Lipinski definition) is 4. The Bertz CT molecular complexity index is 1920. The maximum atomic E-state index is 14.1. The smallest absolute Gasteiger partial charge is 0.229 e. The molecule has 0 spiro atoms. The Morgan fingerprint density at radius 1 is 1.14 bits per heavy atom. The third-order valence-corrected chi connectivity index (χ3v) is 12.1. The molecule has 256 valence electrons. The number of piperazine rings is 1. The lowest BCUT2D eigenvalue weighted by atomic mass is 9.69. The summed E-state index contributed by atoms with van der Waals surface area (Å²) in [4.78, 5) is 46.3. The number of benzene rings is 2. The highest BCUT2D eigenvalue weighted by molar-refractivity contribution is 8.01. The Labute approximate surface area is 287 Å². The number of carbonyl (C=O) groups is 3. The Morgan fingerprint density at radius 3 is 2.47 bits per heavy atom. The van der Waals surface area contributed by atoms with Crippen LogP contribution in [0.2, 0.25) is 0 Å². The number of ether oxygens (including phenoxy) is 2. The normalized spacial score (nSPS) is 26.2. The number of aromatic hydroxyl groups is 1. The van der Waals surface area contributed by atoms with E-state index < -0.39 is 52.5 Å². The summed E-state index contributed by atoms with van der Waals surface area (Å²) >= 11 is 0. The molecule has 2 bridgehead atoms. The van der Waals surface area contributed by atoms with Gasteiger partial charge in [0.1, 0.15) is 6.04 Å². The minimum Gasteiger partial charge on any atom is -0.504 e. The van der Waals surface area contributed by atoms with Crippen molar-refractivity contribution in [3.8, 4) is 17.6 Å². The van der Waals surface area contributed by atoms with Crippen molar-refractivity contribution in [1.82, 2.24) is 15.1 Å². The zero-order valence-electron chi connectivity index (χ0n) is 28.3. The molecule has 4 N–H and O–H groups in total. The highest BCUT2D eigenvalue weighted by Crippen LogP contribution is 2.53. The first-order chi connectivity index (χ1) is 23.4. The average molecular weight is 685 g/mol. The SMILES string of the molecule is COC1=C(C)C(=O)C2=C(C1=O)[C@H](CNC(=O)C(C)C(=N)S(=N)c1ccccc1)N1C(C2)[C@H]2c3c(cc(C)c(OC)c3O)C[C@H]([C@@H]1C#N)N2C. The van der Waals surface area contributed by atoms with Crippen LogP contribution >= 0.6 is 0 Å². The molecule has 3 unspecified atom stereocenters. The number of carbonyl (C=O) groups excluding carboxylic acids is 3. The summed E-state index contributed by atoms with van der Waals surface area (Å²) in [5, 5.41) is 33.9. The first-order valence-corrected chi connectivity index (χ1v) is 17.3. The van der Waals surface area contributed by atoms with Crippen LogP contribution in [0.15, 0.2) is 63.8 Å². The molecule has 1 amide bonds. The molecule has 2 aromatic carbocycles. The van der Waals surface area contributed by atoms with Crippen molar-refractivity contribution in [3.63, 3.8) is 0 Å². The second-order valence-corrected chi connectivity index (χ2v) is 14.5. The van der Waals surface area contributed by atoms with Crippen LogP contribution in [0.5, 0.6) is 11.5 Å². The van der Waals surface area contributed by atoms with Gasteiger partial charge in [0.25, 0.3) is 0 Å². The number of phenolic OH excluding ortho intramolecular Hbond substituents is 1. The zero-order valence-corrected chi connectivity index (χ0v) is 29.1. The van der Waals surface area contributed by atoms with E-state index in [1.165, 1.54) is 14.2 Å². The standard InChI is InChI=1S/C36H40N6O6S/c1-17-12-20-13-23-25(15-37)42-24(29(41(23)4)27(20)31(44)33(17)47-5)14-22-28(32(45)34(48-6)18(2)30(22)43)26(42)16-40-36(46)19(3)35(38)49(39)21-10-8-7-9-11-21/h7-12,19,23-26,29,38-39,44H,13-14,16H2,1-6H3,(H,40,46)/t19?,23-,24?,25+,26+,29+,49?/m1/s1. The minimum atomic E-state index is -1.36. The number of likely N-dealkylation sites (N-methyl/N-ethyl adjacent to an activating group) is 1. The summed E-state index contributed by atoms with van der Waals surface area (Å²) in [6.07, 6.45) is 0.579. The molecule has 49 heavy (non-hydrogen) atoms. The van der Waals surface area contributed by atoms with Gasteiger partial charge >= 0.3 is 0 Å². The number of amides is 1. The van der Waals surface area contributed by atoms with Crippen molar-refractivity contribution >= 4 is 33.2 Å². The van der Waals surface area contributed by atoms with E-state index in [4.69, 9.17) is 19.7 Å². The third kappa shape index (κ3) is 5.29. The monoisotopic (exact) mass is 684 g/mol. The predicted molar refractivity (Wildman–Crippen MR) is 182 cm³/mol. The molecule has 13 heteroatoms. The summed E-state index contributed by atoms with van der Waals surface area (Å²) in [5.74, 6) is -1.97. The van der Waals surface area contributed by atoms with E-state index in [-0.39, 0.29) is 52.5 Å². The van der Waals surface area contributed by atoms with Gasteiger partial charge in [0.2, 0.25) is 11.7 Å². The molecule has 3 heterocycles. The predicted octanol–water partition coefficient (Wildman–Crippen LogP) is 3.49. The highest BCUT2D eigenvalue weighted by atomic mass is 32.2. The number of nitrogens with zero attached hydrogens (tertiary/aromatic N) is 3. The largest absolute Gasteiger partial charge is 0.504 e. The average Bonchev–Trinajstić information content (AvgIpc) is 3.09. The van der Waals surface area contributed by atoms with Gasteiger partial charge < -0.3 is 19.9 Å². The van der Waals surface area contributed by atoms with E-state index in [0.717, 1.165) is 11.1 Å². The van der Waals surface area contributed by atoms with Crippen LogP contribution in [0.4, 0.5) is 0 Å². The quantitative estimate of drug-likeness (QED) is 0.193. The van der Waals surface area contributed by atoms with Crippen LogP contribution in [0.3, 0.4) is 0 Å². The Morgan fingerprint density at radius 2 is 1.84 bits per heavy atom. The molecule has 1 saturated heterocycles. The lowest BCUT2D eigenvalue weighted by Gasteiger charge is -2.60. The molecule has 1 aliphatic carbocycles. The Balaban J connectivity index is 1.43. The Kier molecular flexibility index (Phi) is 9.08. The van der Waals surface area contributed by atoms with E-state index in [2.05, 4.69) is 16.3 Å². The van der Waals surface area contributed by atoms with Crippen molar-refractivity contribution in [2.75, 3.05) is 27.8 Å². The van der Waals surface area contributed by atoms with Gasteiger partial charge in [-0.1, -0.05) is 24.3 Å². The van der Waals surface area contributed by atoms with E-state index in [1.54, 1.807) is 38.1 Å². The number of phenols is 1. The molecular weight excluding hydrogens is 644 g/mol. The van der Waals surface area contributed by atoms with E-state index in [0.29, 0.717) is 28.2 Å². The van der Waals surface area contributed by atoms with Gasteiger partial charge in [-0.15, -0.1) is 0 Å². The zero-order chi connectivity index (χ0) is 35.5. The van der Waals surface area contributed by atoms with Gasteiger partial charge in [-0.05, 0) is 74.6 Å². The van der Waals surface area contributed by atoms with Crippen molar-refractivity contribution < 1.29 is 29.0 Å². The molecule has 0 aromatic heterocycles. The molecule has 0 saturated carbocycles. The summed E-state index contributed by atoms with van der Waals surface area (Å²) in [7, 11) is 3.38. The topological polar surface area (TPSA) is 180 Å². The summed E-state index contributed by atoms with van der Waals surface area (Å²) in [5.41, 5.74) is 3.00. The summed E-state index contributed by atoms with van der Waals surface area (Å²) in [6.45, 7) is 4.85. The number of nitrogens with one attached hydrogen (secondary N) is 3. The number of nitriles is 1. The van der Waals surface area contributed by atoms with Gasteiger partial charge in [0, 0.05) is 45.8 Å². The van der Waals surface area contributed by atoms with Crippen LogP contribution in [0.25, 0.3) is 0 Å². The molecule has 4 aliphatic rings. The van der Waals surface area contributed by atoms with Crippen molar-refractivity contribution in [2.45, 2.75) is 68.7 Å². The number of fused-ring (bicyclic) bond motifs is 6. The van der Waals surface area contributed by atoms with Crippen LogP contribution < -0.4 is 10.1 Å². The molecule has 6 rings (SSSR count). The fraction of sp³-hybridized carbons (Fsp3) is 0.417. The third-order valence-electron chi connectivity index (χ3n) is 10.5. The molecule has 0 radical (unpaired) electrons. The van der Waals surface area contributed by atoms with Gasteiger partial charge in [-0.3, -0.25) is 34.4 Å². The molecule has 7 atom stereocenters. The second kappa shape index (κ2) is 13.0. The molecular formula is C36H40N6O6S. The Hall–Kier alpha value is -4.64. The van der Waals surface area contributed by atoms with Gasteiger partial charge in [0.05, 0.1) is 43.3 Å². The fourth-order valence-corrected chi connectivity index (χ4v) is 9.28. The van der Waals surface area contributed by atoms with Crippen LogP contribution in [0, 0.1) is 34.4 Å². The molecule has 3 aliphatic heterocycles. The molecule has 12 nitrogen and oxygen atoms in total. The van der Waals surface area contributed by atoms with E-state index in [1.807, 2.05) is 31.0 Å². The second-order valence-electron chi connectivity index (χ2n) is 13.0. The van der Waals surface area contributed by atoms with Crippen LogP contribution in [-0.2, 0) is 36.2 Å². The number of hydrogen-bond acceptors (Lipinski definition) is 11. The number of rotatable bonds is 7. The summed E-state index contributed by atoms with van der Waals surface area (Å²) < 4.78 is 19.6. The highest BCUT2D eigenvalue weighted by Gasteiger charge is 2.58. The minimum absolute atomic E-state index is 0.00751. The molecule has 1 fully saturated rings. The maximum Gasteiger partial charge on any atom is 0.229 e. The van der Waals surface area contributed by atoms with Crippen molar-refractivity contribution in [1.29, 1.82) is 15.5 Å². The summed E-state index contributed by atoms with van der Waals surface area (Å²) in [6, 6.07) is 10.4. The lowest BCUT2D eigenvalue weighted by Crippen LogP contribution is -2.71. The van der Waals surface area contributed by atoms with E-state index in [9.17, 15) is 24.8 Å². The fourth-order valence-electron chi connectivity index (χ4n) is 8.14. The number of aryl methyl sites for hydroxylation is 1. The van der Waals surface area contributed by atoms with Gasteiger partial charge in [-0.25, -0.2) is 0 Å².